The lowest BCUT2D eigenvalue weighted by atomic mass is 10.1. The highest BCUT2D eigenvalue weighted by molar-refractivity contribution is 9.09. The third-order valence-corrected chi connectivity index (χ3v) is 4.14. The number of nitrogen functional groups attached to an aromatic ring is 1. The van der Waals surface area contributed by atoms with Gasteiger partial charge in [-0.05, 0) is 0 Å². The fourth-order valence-electron chi connectivity index (χ4n) is 1.82. The van der Waals surface area contributed by atoms with Crippen LogP contribution in [0, 0.1) is 5.82 Å². The molecular weight excluding hydrogens is 313 g/mol. The summed E-state index contributed by atoms with van der Waals surface area (Å²) in [5, 5.41) is 19.0. The lowest BCUT2D eigenvalue weighted by Crippen LogP contribution is -2.51. The topological polar surface area (TPSA) is 111 Å². The first-order valence-electron chi connectivity index (χ1n) is 5.04. The van der Waals surface area contributed by atoms with E-state index >= 15 is 0 Å². The van der Waals surface area contributed by atoms with Gasteiger partial charge in [-0.15, -0.1) is 0 Å². The monoisotopic (exact) mass is 323 g/mol. The van der Waals surface area contributed by atoms with E-state index in [9.17, 15) is 19.4 Å². The van der Waals surface area contributed by atoms with E-state index in [1.807, 2.05) is 0 Å². The predicted molar refractivity (Wildman–Crippen MR) is 62.6 cm³/mol. The second-order valence-corrected chi connectivity index (χ2v) is 4.90. The highest BCUT2D eigenvalue weighted by Gasteiger charge is 2.50. The van der Waals surface area contributed by atoms with Gasteiger partial charge in [-0.3, -0.25) is 4.57 Å². The summed E-state index contributed by atoms with van der Waals surface area (Å²) in [5.41, 5.74) is 2.70. The number of anilines is 1. The van der Waals surface area contributed by atoms with Crippen LogP contribution < -0.4 is 11.4 Å². The van der Waals surface area contributed by atoms with Crippen molar-refractivity contribution in [1.82, 2.24) is 9.55 Å². The van der Waals surface area contributed by atoms with Crippen molar-refractivity contribution < 1.29 is 19.3 Å². The highest BCUT2D eigenvalue weighted by atomic mass is 79.9. The third kappa shape index (κ3) is 1.83. The van der Waals surface area contributed by atoms with Crippen molar-refractivity contribution in [2.75, 3.05) is 18.9 Å². The molecule has 2 heterocycles. The summed E-state index contributed by atoms with van der Waals surface area (Å²) < 4.78 is 19.4. The Morgan fingerprint density at radius 1 is 1.78 bits per heavy atom. The van der Waals surface area contributed by atoms with Crippen LogP contribution >= 0.6 is 15.9 Å². The molecule has 0 radical (unpaired) electrons. The number of halogens is 2. The number of aromatic nitrogens is 2. The largest absolute Gasteiger partial charge is 0.391 e. The van der Waals surface area contributed by atoms with E-state index in [4.69, 9.17) is 10.5 Å². The Bertz CT molecular complexity index is 525. The fourth-order valence-corrected chi connectivity index (χ4v) is 2.47. The van der Waals surface area contributed by atoms with Crippen molar-refractivity contribution in [3.8, 4) is 0 Å². The van der Waals surface area contributed by atoms with Crippen LogP contribution in [-0.4, -0.2) is 43.9 Å². The van der Waals surface area contributed by atoms with Crippen LogP contribution in [0.4, 0.5) is 10.2 Å². The highest BCUT2D eigenvalue weighted by Crippen LogP contribution is 2.35. The first-order valence-corrected chi connectivity index (χ1v) is 5.96. The van der Waals surface area contributed by atoms with Gasteiger partial charge in [-0.25, -0.2) is 9.18 Å². The van der Waals surface area contributed by atoms with Crippen molar-refractivity contribution in [1.29, 1.82) is 0 Å². The molecule has 0 aromatic carbocycles. The summed E-state index contributed by atoms with van der Waals surface area (Å²) in [4.78, 5) is 14.2. The number of hydrogen-bond donors (Lipinski definition) is 3. The van der Waals surface area contributed by atoms with E-state index in [0.29, 0.717) is 0 Å². The van der Waals surface area contributed by atoms with Crippen LogP contribution in [0.3, 0.4) is 0 Å². The van der Waals surface area contributed by atoms with Crippen LogP contribution in [-0.2, 0) is 10.5 Å². The molecule has 0 saturated carbocycles. The minimum absolute atomic E-state index is 0.102. The Morgan fingerprint density at radius 2 is 2.44 bits per heavy atom. The minimum Gasteiger partial charge on any atom is -0.391 e. The molecule has 4 N–H and O–H groups in total. The third-order valence-electron chi connectivity index (χ3n) is 2.82. The molecule has 2 rings (SSSR count). The Labute approximate surface area is 109 Å². The summed E-state index contributed by atoms with van der Waals surface area (Å²) >= 11 is 3.13. The Morgan fingerprint density at radius 3 is 2.94 bits per heavy atom. The summed E-state index contributed by atoms with van der Waals surface area (Å²) in [6.07, 6.45) is -0.141. The van der Waals surface area contributed by atoms with E-state index in [2.05, 4.69) is 20.9 Å². The predicted octanol–water partition coefficient (Wildman–Crippen LogP) is -1.24. The van der Waals surface area contributed by atoms with Gasteiger partial charge >= 0.3 is 5.69 Å². The van der Waals surface area contributed by atoms with E-state index in [1.165, 1.54) is 0 Å². The number of nitrogens with two attached hydrogens (primary N) is 1. The van der Waals surface area contributed by atoms with Crippen LogP contribution in [0.2, 0.25) is 0 Å². The molecule has 1 aromatic rings. The van der Waals surface area contributed by atoms with Crippen LogP contribution in [0.15, 0.2) is 11.0 Å². The zero-order chi connectivity index (χ0) is 13.5. The number of alkyl halides is 1. The van der Waals surface area contributed by atoms with E-state index in [1.54, 1.807) is 0 Å². The Kier molecular flexibility index (Phi) is 3.41. The van der Waals surface area contributed by atoms with Gasteiger partial charge in [0.1, 0.15) is 0 Å². The number of rotatable bonds is 2. The van der Waals surface area contributed by atoms with Crippen molar-refractivity contribution >= 4 is 21.7 Å². The average Bonchev–Trinajstić information content (AvgIpc) is 2.62. The summed E-state index contributed by atoms with van der Waals surface area (Å²) in [6, 6.07) is 0. The van der Waals surface area contributed by atoms with Gasteiger partial charge in [0.25, 0.3) is 0 Å². The van der Waals surface area contributed by atoms with Crippen LogP contribution in [0.25, 0.3) is 0 Å². The maximum absolute atomic E-state index is 13.4. The first kappa shape index (κ1) is 13.4. The number of hydrogen-bond acceptors (Lipinski definition) is 6. The van der Waals surface area contributed by atoms with Gasteiger partial charge in [0.15, 0.2) is 17.4 Å². The van der Waals surface area contributed by atoms with E-state index in [-0.39, 0.29) is 6.61 Å². The SMILES string of the molecule is Nc1nc(=O)n([C@@]2(CO)OC[C@H](O)[C@H]2Br)cc1F. The second kappa shape index (κ2) is 4.57. The molecule has 0 amide bonds. The number of nitrogens with zero attached hydrogens (tertiary/aromatic N) is 2. The Balaban J connectivity index is 2.59. The molecule has 7 nitrogen and oxygen atoms in total. The molecule has 0 aliphatic carbocycles. The smallest absolute Gasteiger partial charge is 0.352 e. The summed E-state index contributed by atoms with van der Waals surface area (Å²) in [6.45, 7) is -0.736. The normalized spacial score (nSPS) is 31.8. The van der Waals surface area contributed by atoms with Crippen LogP contribution in [0.5, 0.6) is 0 Å². The molecule has 100 valence electrons. The first-order chi connectivity index (χ1) is 8.42. The Hall–Kier alpha value is -1.03. The zero-order valence-corrected chi connectivity index (χ0v) is 10.7. The summed E-state index contributed by atoms with van der Waals surface area (Å²) in [5.74, 6) is -1.44. The van der Waals surface area contributed by atoms with E-state index in [0.717, 1.165) is 10.8 Å². The molecule has 1 aliphatic heterocycles. The molecule has 18 heavy (non-hydrogen) atoms. The average molecular weight is 324 g/mol. The van der Waals surface area contributed by atoms with Gasteiger partial charge in [-0.2, -0.15) is 4.98 Å². The maximum Gasteiger partial charge on any atom is 0.352 e. The number of aliphatic hydroxyl groups excluding tert-OH is 2. The van der Waals surface area contributed by atoms with Gasteiger partial charge < -0.3 is 20.7 Å². The van der Waals surface area contributed by atoms with E-state index < -0.39 is 40.6 Å². The molecule has 3 atom stereocenters. The molecule has 1 fully saturated rings. The fraction of sp³-hybridized carbons (Fsp3) is 0.556. The number of aliphatic hydroxyl groups is 2. The molecule has 1 aromatic heterocycles. The van der Waals surface area contributed by atoms with Crippen molar-refractivity contribution in [3.63, 3.8) is 0 Å². The van der Waals surface area contributed by atoms with Crippen molar-refractivity contribution in [2.45, 2.75) is 16.7 Å². The minimum atomic E-state index is -1.60. The second-order valence-electron chi connectivity index (χ2n) is 3.91. The number of ether oxygens (including phenoxy) is 1. The molecular formula is C9H11BrFN3O4. The molecule has 9 heteroatoms. The van der Waals surface area contributed by atoms with Gasteiger partial charge in [0.2, 0.25) is 0 Å². The quantitative estimate of drug-likeness (QED) is 0.587. The lowest BCUT2D eigenvalue weighted by molar-refractivity contribution is -0.0988. The maximum atomic E-state index is 13.4. The van der Waals surface area contributed by atoms with Gasteiger partial charge in [0.05, 0.1) is 30.3 Å². The lowest BCUT2D eigenvalue weighted by Gasteiger charge is -2.31. The molecule has 1 aliphatic rings. The van der Waals surface area contributed by atoms with Gasteiger partial charge in [-0.1, -0.05) is 15.9 Å². The standard InChI is InChI=1S/C9H11BrFN3O4/c10-6-5(16)2-18-9(6,3-15)14-1-4(11)7(12)13-8(14)17/h1,5-6,15-16H,2-3H2,(H2,12,13,17)/t5-,6+,9-/m0/s1. The molecule has 0 bridgehead atoms. The van der Waals surface area contributed by atoms with Crippen LogP contribution in [0.1, 0.15) is 0 Å². The van der Waals surface area contributed by atoms with Gasteiger partial charge in [0, 0.05) is 0 Å². The van der Waals surface area contributed by atoms with Crippen molar-refractivity contribution in [2.24, 2.45) is 0 Å². The molecule has 0 unspecified atom stereocenters. The van der Waals surface area contributed by atoms with Crippen molar-refractivity contribution in [3.05, 3.63) is 22.5 Å². The zero-order valence-electron chi connectivity index (χ0n) is 9.08. The summed E-state index contributed by atoms with van der Waals surface area (Å²) in [7, 11) is 0. The molecule has 1 saturated heterocycles. The molecule has 0 spiro atoms.